The van der Waals surface area contributed by atoms with Crippen LogP contribution in [0.25, 0.3) is 10.9 Å². The highest BCUT2D eigenvalue weighted by Gasteiger charge is 2.15. The minimum atomic E-state index is -3.00. The molecule has 9 heteroatoms. The number of amides is 1. The summed E-state index contributed by atoms with van der Waals surface area (Å²) in [5, 5.41) is 3.54. The maximum absolute atomic E-state index is 13.0. The second-order valence-electron chi connectivity index (χ2n) is 7.26. The number of nitrogens with one attached hydrogen (secondary N) is 1. The molecule has 31 heavy (non-hydrogen) atoms. The molecule has 164 valence electrons. The smallest absolute Gasteiger partial charge is 0.387 e. The number of carbonyl (C=O) groups is 1. The Morgan fingerprint density at radius 1 is 1.16 bits per heavy atom. The summed E-state index contributed by atoms with van der Waals surface area (Å²) in [7, 11) is 0. The van der Waals surface area contributed by atoms with Gasteiger partial charge in [0, 0.05) is 6.54 Å². The maximum Gasteiger partial charge on any atom is 0.387 e. The fourth-order valence-corrected chi connectivity index (χ4v) is 3.75. The van der Waals surface area contributed by atoms with Gasteiger partial charge in [-0.3, -0.25) is 14.2 Å². The minimum absolute atomic E-state index is 0.0462. The number of hydrogen-bond donors (Lipinski definition) is 1. The van der Waals surface area contributed by atoms with Gasteiger partial charge in [-0.1, -0.05) is 49.9 Å². The van der Waals surface area contributed by atoms with Crippen LogP contribution in [0.3, 0.4) is 0 Å². The van der Waals surface area contributed by atoms with Gasteiger partial charge < -0.3 is 10.1 Å². The molecule has 0 aliphatic carbocycles. The first-order valence-electron chi connectivity index (χ1n) is 9.81. The minimum Gasteiger partial charge on any atom is -0.433 e. The average molecular weight is 448 g/mol. The molecule has 0 saturated carbocycles. The molecule has 0 aliphatic rings. The Morgan fingerprint density at radius 3 is 2.61 bits per heavy atom. The molecule has 3 rings (SSSR count). The molecule has 2 aromatic carbocycles. The third kappa shape index (κ3) is 6.04. The second-order valence-corrected chi connectivity index (χ2v) is 8.20. The van der Waals surface area contributed by atoms with Gasteiger partial charge >= 0.3 is 6.61 Å². The molecule has 0 atom stereocenters. The molecule has 0 spiro atoms. The van der Waals surface area contributed by atoms with Crippen molar-refractivity contribution in [3.05, 3.63) is 58.9 Å². The van der Waals surface area contributed by atoms with Crippen molar-refractivity contribution in [2.24, 2.45) is 5.92 Å². The quantitative estimate of drug-likeness (QED) is 0.378. The van der Waals surface area contributed by atoms with Gasteiger partial charge in [0.1, 0.15) is 5.75 Å². The first-order chi connectivity index (χ1) is 14.8. The normalized spacial score (nSPS) is 11.3. The van der Waals surface area contributed by atoms with Crippen LogP contribution in [0.5, 0.6) is 5.75 Å². The zero-order valence-electron chi connectivity index (χ0n) is 17.2. The van der Waals surface area contributed by atoms with Crippen molar-refractivity contribution in [2.45, 2.75) is 38.6 Å². The number of hydrogen-bond acceptors (Lipinski definition) is 5. The molecule has 3 aromatic rings. The standard InChI is InChI=1S/C22H23F2N3O3S/c1-14(2)11-12-27-20(29)15-7-3-4-8-16(15)26-22(27)31-13-19(28)25-17-9-5-6-10-18(17)30-21(23)24/h3-10,14,21H,11-13H2,1-2H3,(H,25,28). The van der Waals surface area contributed by atoms with Crippen LogP contribution >= 0.6 is 11.8 Å². The number of fused-ring (bicyclic) bond motifs is 1. The molecular formula is C22H23F2N3O3S. The zero-order chi connectivity index (χ0) is 22.4. The van der Waals surface area contributed by atoms with Gasteiger partial charge in [0.05, 0.1) is 22.3 Å². The van der Waals surface area contributed by atoms with E-state index in [0.717, 1.165) is 18.2 Å². The fourth-order valence-electron chi connectivity index (χ4n) is 2.93. The topological polar surface area (TPSA) is 73.2 Å². The van der Waals surface area contributed by atoms with Gasteiger partial charge in [0.2, 0.25) is 5.91 Å². The van der Waals surface area contributed by atoms with Gasteiger partial charge in [-0.15, -0.1) is 0 Å². The molecule has 0 fully saturated rings. The molecule has 1 aromatic heterocycles. The number of benzene rings is 2. The first-order valence-corrected chi connectivity index (χ1v) is 10.8. The number of halogens is 2. The molecule has 0 saturated heterocycles. The molecule has 0 aliphatic heterocycles. The average Bonchev–Trinajstić information content (AvgIpc) is 2.72. The van der Waals surface area contributed by atoms with E-state index in [4.69, 9.17) is 0 Å². The van der Waals surface area contributed by atoms with E-state index in [1.807, 2.05) is 0 Å². The van der Waals surface area contributed by atoms with E-state index in [1.54, 1.807) is 34.9 Å². The van der Waals surface area contributed by atoms with Crippen molar-refractivity contribution in [1.82, 2.24) is 9.55 Å². The summed E-state index contributed by atoms with van der Waals surface area (Å²) in [4.78, 5) is 30.0. The van der Waals surface area contributed by atoms with E-state index >= 15 is 0 Å². The summed E-state index contributed by atoms with van der Waals surface area (Å²) < 4.78 is 31.2. The highest BCUT2D eigenvalue weighted by Crippen LogP contribution is 2.26. The lowest BCUT2D eigenvalue weighted by Gasteiger charge is -2.15. The van der Waals surface area contributed by atoms with Crippen LogP contribution in [-0.2, 0) is 11.3 Å². The van der Waals surface area contributed by atoms with Crippen LogP contribution in [0.4, 0.5) is 14.5 Å². The Labute approximate surface area is 182 Å². The number of alkyl halides is 2. The molecule has 1 amide bonds. The third-order valence-corrected chi connectivity index (χ3v) is 5.44. The number of para-hydroxylation sites is 3. The van der Waals surface area contributed by atoms with Gasteiger partial charge in [-0.2, -0.15) is 8.78 Å². The Bertz CT molecular complexity index is 1120. The van der Waals surface area contributed by atoms with E-state index < -0.39 is 12.5 Å². The highest BCUT2D eigenvalue weighted by atomic mass is 32.2. The van der Waals surface area contributed by atoms with Crippen molar-refractivity contribution in [1.29, 1.82) is 0 Å². The summed E-state index contributed by atoms with van der Waals surface area (Å²) in [6.45, 7) is 1.63. The highest BCUT2D eigenvalue weighted by molar-refractivity contribution is 7.99. The summed E-state index contributed by atoms with van der Waals surface area (Å²) in [5.74, 6) is -0.192. The number of anilines is 1. The van der Waals surface area contributed by atoms with E-state index in [1.165, 1.54) is 18.2 Å². The number of ether oxygens (including phenoxy) is 1. The summed E-state index contributed by atoms with van der Waals surface area (Å²) in [5.41, 5.74) is 0.564. The molecule has 0 unspecified atom stereocenters. The van der Waals surface area contributed by atoms with Crippen molar-refractivity contribution >= 4 is 34.3 Å². The Kier molecular flexibility index (Phi) is 7.62. The lowest BCUT2D eigenvalue weighted by atomic mass is 10.1. The van der Waals surface area contributed by atoms with Gasteiger partial charge in [-0.25, -0.2) is 4.98 Å². The third-order valence-electron chi connectivity index (χ3n) is 4.47. The predicted molar refractivity (Wildman–Crippen MR) is 118 cm³/mol. The van der Waals surface area contributed by atoms with Crippen molar-refractivity contribution in [3.63, 3.8) is 0 Å². The van der Waals surface area contributed by atoms with Crippen LogP contribution in [-0.4, -0.2) is 27.8 Å². The summed E-state index contributed by atoms with van der Waals surface area (Å²) in [6, 6.07) is 13.1. The fraction of sp³-hybridized carbons (Fsp3) is 0.318. The van der Waals surface area contributed by atoms with E-state index in [9.17, 15) is 18.4 Å². The van der Waals surface area contributed by atoms with Crippen molar-refractivity contribution < 1.29 is 18.3 Å². The zero-order valence-corrected chi connectivity index (χ0v) is 18.0. The van der Waals surface area contributed by atoms with Gasteiger partial charge in [0.25, 0.3) is 5.56 Å². The van der Waals surface area contributed by atoms with Crippen molar-refractivity contribution in [2.75, 3.05) is 11.1 Å². The van der Waals surface area contributed by atoms with Crippen LogP contribution in [0.2, 0.25) is 0 Å². The van der Waals surface area contributed by atoms with E-state index in [-0.39, 0.29) is 22.7 Å². The van der Waals surface area contributed by atoms with Crippen LogP contribution in [0.1, 0.15) is 20.3 Å². The van der Waals surface area contributed by atoms with Crippen molar-refractivity contribution in [3.8, 4) is 5.75 Å². The summed E-state index contributed by atoms with van der Waals surface area (Å²) >= 11 is 1.13. The van der Waals surface area contributed by atoms with Crippen LogP contribution in [0.15, 0.2) is 58.5 Å². The van der Waals surface area contributed by atoms with Crippen LogP contribution < -0.4 is 15.6 Å². The molecule has 1 heterocycles. The predicted octanol–water partition coefficient (Wildman–Crippen LogP) is 4.77. The number of carbonyl (C=O) groups excluding carboxylic acids is 1. The Hall–Kier alpha value is -2.94. The first kappa shape index (κ1) is 22.7. The second kappa shape index (κ2) is 10.4. The lowest BCUT2D eigenvalue weighted by Crippen LogP contribution is -2.25. The van der Waals surface area contributed by atoms with E-state index in [2.05, 4.69) is 28.9 Å². The van der Waals surface area contributed by atoms with Gasteiger partial charge in [0.15, 0.2) is 5.16 Å². The van der Waals surface area contributed by atoms with Crippen LogP contribution in [0, 0.1) is 5.92 Å². The number of thioether (sulfide) groups is 1. The SMILES string of the molecule is CC(C)CCn1c(SCC(=O)Nc2ccccc2OC(F)F)nc2ccccc2c1=O. The maximum atomic E-state index is 13.0. The Balaban J connectivity index is 1.79. The molecular weight excluding hydrogens is 424 g/mol. The number of rotatable bonds is 9. The largest absolute Gasteiger partial charge is 0.433 e. The Morgan fingerprint density at radius 2 is 1.87 bits per heavy atom. The number of aromatic nitrogens is 2. The molecule has 1 N–H and O–H groups in total. The molecule has 0 radical (unpaired) electrons. The number of nitrogens with zero attached hydrogens (tertiary/aromatic N) is 2. The molecule has 0 bridgehead atoms. The summed E-state index contributed by atoms with van der Waals surface area (Å²) in [6.07, 6.45) is 0.790. The lowest BCUT2D eigenvalue weighted by molar-refractivity contribution is -0.113. The molecule has 6 nitrogen and oxygen atoms in total. The van der Waals surface area contributed by atoms with Gasteiger partial charge in [-0.05, 0) is 36.6 Å². The van der Waals surface area contributed by atoms with E-state index in [0.29, 0.717) is 28.5 Å². The monoisotopic (exact) mass is 447 g/mol.